The topological polar surface area (TPSA) is 66.6 Å². The highest BCUT2D eigenvalue weighted by Crippen LogP contribution is 2.27. The average molecular weight is 310 g/mol. The number of pyridine rings is 1. The van der Waals surface area contributed by atoms with Crippen LogP contribution < -0.4 is 5.32 Å². The van der Waals surface area contributed by atoms with Gasteiger partial charge >= 0.3 is 5.97 Å². The predicted molar refractivity (Wildman–Crippen MR) is 69.8 cm³/mol. The zero-order chi connectivity index (χ0) is 12.7. The summed E-state index contributed by atoms with van der Waals surface area (Å²) < 4.78 is 2.69. The molecule has 1 unspecified atom stereocenters. The summed E-state index contributed by atoms with van der Waals surface area (Å²) in [6, 6.07) is 5.61. The van der Waals surface area contributed by atoms with Crippen molar-refractivity contribution in [3.8, 4) is 0 Å². The highest BCUT2D eigenvalue weighted by atomic mass is 79.9. The number of aromatic nitrogens is 2. The molecule has 0 amide bonds. The van der Waals surface area contributed by atoms with E-state index in [1.165, 1.54) is 0 Å². The Bertz CT molecular complexity index is 617. The first-order valence-corrected chi connectivity index (χ1v) is 6.61. The van der Waals surface area contributed by atoms with Crippen molar-refractivity contribution in [1.82, 2.24) is 14.7 Å². The fraction of sp³-hybridized carbons (Fsp3) is 0.333. The Kier molecular flexibility index (Phi) is 2.83. The van der Waals surface area contributed by atoms with Crippen LogP contribution in [0.1, 0.15) is 35.2 Å². The Morgan fingerprint density at radius 1 is 1.56 bits per heavy atom. The minimum atomic E-state index is -0.991. The lowest BCUT2D eigenvalue weighted by molar-refractivity contribution is 0.0693. The molecule has 2 aromatic heterocycles. The van der Waals surface area contributed by atoms with Crippen molar-refractivity contribution in [3.05, 3.63) is 34.3 Å². The smallest absolute Gasteiger partial charge is 0.356 e. The third-order valence-corrected chi connectivity index (χ3v) is 3.83. The Morgan fingerprint density at radius 2 is 2.39 bits per heavy atom. The second-order valence-electron chi connectivity index (χ2n) is 4.34. The third-order valence-electron chi connectivity index (χ3n) is 3.22. The highest BCUT2D eigenvalue weighted by Gasteiger charge is 2.25. The largest absolute Gasteiger partial charge is 0.476 e. The summed E-state index contributed by atoms with van der Waals surface area (Å²) in [5, 5.41) is 12.6. The van der Waals surface area contributed by atoms with E-state index in [0.717, 1.165) is 29.8 Å². The number of fused-ring (bicyclic) bond motifs is 1. The summed E-state index contributed by atoms with van der Waals surface area (Å²) in [5.41, 5.74) is 0.737. The molecule has 6 heteroatoms. The molecule has 0 bridgehead atoms. The van der Waals surface area contributed by atoms with E-state index in [1.54, 1.807) is 6.07 Å². The van der Waals surface area contributed by atoms with Crippen LogP contribution in [0.4, 0.5) is 0 Å². The summed E-state index contributed by atoms with van der Waals surface area (Å²) >= 11 is 3.46. The zero-order valence-corrected chi connectivity index (χ0v) is 11.1. The Morgan fingerprint density at radius 3 is 3.06 bits per heavy atom. The summed E-state index contributed by atoms with van der Waals surface area (Å²) in [6.07, 6.45) is 2.08. The molecule has 0 spiro atoms. The molecule has 1 fully saturated rings. The maximum Gasteiger partial charge on any atom is 0.356 e. The molecule has 3 heterocycles. The number of hydrogen-bond donors (Lipinski definition) is 2. The summed E-state index contributed by atoms with van der Waals surface area (Å²) in [4.78, 5) is 15.5. The average Bonchev–Trinajstić information content (AvgIpc) is 2.95. The molecule has 2 N–H and O–H groups in total. The van der Waals surface area contributed by atoms with E-state index in [4.69, 9.17) is 0 Å². The molecule has 0 saturated carbocycles. The first kappa shape index (κ1) is 11.7. The molecular weight excluding hydrogens is 298 g/mol. The maximum atomic E-state index is 11.2. The van der Waals surface area contributed by atoms with Crippen LogP contribution >= 0.6 is 15.9 Å². The summed E-state index contributed by atoms with van der Waals surface area (Å²) in [7, 11) is 0. The minimum absolute atomic E-state index is 0.111. The molecule has 0 aromatic carbocycles. The van der Waals surface area contributed by atoms with Crippen LogP contribution in [0.25, 0.3) is 5.52 Å². The molecule has 18 heavy (non-hydrogen) atoms. The maximum absolute atomic E-state index is 11.2. The van der Waals surface area contributed by atoms with Crippen molar-refractivity contribution >= 4 is 27.4 Å². The second-order valence-corrected chi connectivity index (χ2v) is 5.15. The van der Waals surface area contributed by atoms with Crippen LogP contribution in [-0.4, -0.2) is 27.0 Å². The van der Waals surface area contributed by atoms with Gasteiger partial charge in [0, 0.05) is 0 Å². The van der Waals surface area contributed by atoms with Crippen LogP contribution in [0.2, 0.25) is 0 Å². The van der Waals surface area contributed by atoms with E-state index in [0.29, 0.717) is 5.52 Å². The minimum Gasteiger partial charge on any atom is -0.476 e. The number of hydrogen-bond acceptors (Lipinski definition) is 3. The van der Waals surface area contributed by atoms with Crippen molar-refractivity contribution in [3.63, 3.8) is 0 Å². The normalized spacial score (nSPS) is 19.5. The quantitative estimate of drug-likeness (QED) is 0.835. The van der Waals surface area contributed by atoms with E-state index in [2.05, 4.69) is 26.2 Å². The van der Waals surface area contributed by atoms with E-state index in [-0.39, 0.29) is 11.7 Å². The number of rotatable bonds is 2. The fourth-order valence-electron chi connectivity index (χ4n) is 2.42. The number of imidazole rings is 1. The van der Waals surface area contributed by atoms with Gasteiger partial charge in [0.15, 0.2) is 5.69 Å². The van der Waals surface area contributed by atoms with Crippen LogP contribution in [0.3, 0.4) is 0 Å². The summed E-state index contributed by atoms with van der Waals surface area (Å²) in [5.74, 6) is -0.220. The van der Waals surface area contributed by atoms with E-state index >= 15 is 0 Å². The lowest BCUT2D eigenvalue weighted by Crippen LogP contribution is -2.16. The van der Waals surface area contributed by atoms with Gasteiger partial charge in [-0.1, -0.05) is 6.07 Å². The van der Waals surface area contributed by atoms with Gasteiger partial charge in [0.2, 0.25) is 0 Å². The molecular formula is C12H12BrN3O2. The van der Waals surface area contributed by atoms with E-state index in [9.17, 15) is 9.90 Å². The van der Waals surface area contributed by atoms with Crippen LogP contribution in [0, 0.1) is 0 Å². The lowest BCUT2D eigenvalue weighted by Gasteiger charge is -2.09. The van der Waals surface area contributed by atoms with Gasteiger partial charge in [-0.15, -0.1) is 0 Å². The molecule has 1 aliphatic heterocycles. The zero-order valence-electron chi connectivity index (χ0n) is 9.56. The number of nitrogens with zero attached hydrogens (tertiary/aromatic N) is 2. The first-order chi connectivity index (χ1) is 8.68. The number of aromatic carboxylic acids is 1. The summed E-state index contributed by atoms with van der Waals surface area (Å²) in [6.45, 7) is 0.951. The van der Waals surface area contributed by atoms with Gasteiger partial charge in [-0.3, -0.25) is 4.40 Å². The van der Waals surface area contributed by atoms with E-state index in [1.807, 2.05) is 16.5 Å². The van der Waals surface area contributed by atoms with Crippen molar-refractivity contribution in [1.29, 1.82) is 0 Å². The molecule has 1 saturated heterocycles. The molecule has 0 radical (unpaired) electrons. The molecule has 5 nitrogen and oxygen atoms in total. The van der Waals surface area contributed by atoms with Gasteiger partial charge in [0.05, 0.1) is 16.2 Å². The molecule has 2 aromatic rings. The second kappa shape index (κ2) is 4.37. The van der Waals surface area contributed by atoms with Crippen molar-refractivity contribution < 1.29 is 9.90 Å². The number of halogens is 1. The van der Waals surface area contributed by atoms with E-state index < -0.39 is 5.97 Å². The number of carboxylic acid groups (broad SMARTS) is 1. The van der Waals surface area contributed by atoms with Gasteiger partial charge < -0.3 is 10.4 Å². The molecule has 0 aliphatic carbocycles. The van der Waals surface area contributed by atoms with Crippen molar-refractivity contribution in [2.24, 2.45) is 0 Å². The molecule has 1 aliphatic rings. The SMILES string of the molecule is O=C(O)c1nc(C2CCCN2)n2c(Br)cccc12. The lowest BCUT2D eigenvalue weighted by atomic mass is 10.2. The Hall–Kier alpha value is -1.40. The van der Waals surface area contributed by atoms with Gasteiger partial charge in [0.1, 0.15) is 5.82 Å². The molecule has 1 atom stereocenters. The predicted octanol–water partition coefficient (Wildman–Crippen LogP) is 2.22. The third kappa shape index (κ3) is 1.72. The number of carbonyl (C=O) groups is 1. The van der Waals surface area contributed by atoms with Crippen molar-refractivity contribution in [2.75, 3.05) is 6.54 Å². The van der Waals surface area contributed by atoms with Gasteiger partial charge in [-0.25, -0.2) is 9.78 Å². The van der Waals surface area contributed by atoms with Crippen LogP contribution in [-0.2, 0) is 0 Å². The first-order valence-electron chi connectivity index (χ1n) is 5.82. The van der Waals surface area contributed by atoms with Gasteiger partial charge in [-0.2, -0.15) is 0 Å². The van der Waals surface area contributed by atoms with Crippen LogP contribution in [0.15, 0.2) is 22.8 Å². The van der Waals surface area contributed by atoms with Crippen LogP contribution in [0.5, 0.6) is 0 Å². The highest BCUT2D eigenvalue weighted by molar-refractivity contribution is 9.10. The fourth-order valence-corrected chi connectivity index (χ4v) is 2.94. The monoisotopic (exact) mass is 309 g/mol. The Balaban J connectivity index is 2.27. The van der Waals surface area contributed by atoms with Crippen molar-refractivity contribution in [2.45, 2.75) is 18.9 Å². The van der Waals surface area contributed by atoms with Gasteiger partial charge in [0.25, 0.3) is 0 Å². The number of nitrogens with one attached hydrogen (secondary N) is 1. The van der Waals surface area contributed by atoms with Gasteiger partial charge in [-0.05, 0) is 47.4 Å². The number of carboxylic acids is 1. The standard InChI is InChI=1S/C12H12BrN3O2/c13-9-5-1-4-8-10(12(17)18)15-11(16(8)9)7-3-2-6-14-7/h1,4-5,7,14H,2-3,6H2,(H,17,18). The Labute approximate surface area is 112 Å². The molecule has 94 valence electrons. The molecule has 3 rings (SSSR count).